The molecule has 2 aromatic heterocycles. The topological polar surface area (TPSA) is 55.6 Å². The molecule has 3 aromatic rings. The van der Waals surface area contributed by atoms with Gasteiger partial charge in [0.15, 0.2) is 0 Å². The van der Waals surface area contributed by atoms with Gasteiger partial charge in [0.2, 0.25) is 0 Å². The second kappa shape index (κ2) is 6.01. The Morgan fingerprint density at radius 3 is 2.81 bits per heavy atom. The van der Waals surface area contributed by atoms with Crippen molar-refractivity contribution >= 4 is 10.9 Å². The quantitative estimate of drug-likeness (QED) is 0.779. The summed E-state index contributed by atoms with van der Waals surface area (Å²) in [6, 6.07) is 10.5. The Labute approximate surface area is 124 Å². The van der Waals surface area contributed by atoms with Crippen molar-refractivity contribution in [2.24, 2.45) is 7.05 Å². The maximum atomic E-state index is 4.44. The summed E-state index contributed by atoms with van der Waals surface area (Å²) in [6.07, 6.45) is 4.28. The third-order valence-electron chi connectivity index (χ3n) is 3.70. The number of pyridine rings is 1. The van der Waals surface area contributed by atoms with Crippen molar-refractivity contribution in [3.05, 3.63) is 54.2 Å². The van der Waals surface area contributed by atoms with Crippen LogP contribution in [-0.4, -0.2) is 26.3 Å². The van der Waals surface area contributed by atoms with Crippen LogP contribution in [0, 0.1) is 0 Å². The molecule has 3 rings (SSSR count). The molecule has 108 valence electrons. The van der Waals surface area contributed by atoms with Gasteiger partial charge in [0.1, 0.15) is 12.2 Å². The number of likely N-dealkylation sites (N-methyl/N-ethyl adjacent to an activating group) is 1. The van der Waals surface area contributed by atoms with Crippen molar-refractivity contribution in [3.63, 3.8) is 0 Å². The number of fused-ring (bicyclic) bond motifs is 1. The average molecular weight is 281 g/mol. The van der Waals surface area contributed by atoms with Crippen LogP contribution >= 0.6 is 0 Å². The molecule has 0 amide bonds. The third kappa shape index (κ3) is 2.78. The second-order valence-corrected chi connectivity index (χ2v) is 5.03. The fourth-order valence-corrected chi connectivity index (χ4v) is 2.65. The van der Waals surface area contributed by atoms with E-state index in [4.69, 9.17) is 0 Å². The summed E-state index contributed by atoms with van der Waals surface area (Å²) in [5.74, 6) is 0.974. The number of hydrogen-bond donors (Lipinski definition) is 1. The average Bonchev–Trinajstić information content (AvgIpc) is 2.91. The van der Waals surface area contributed by atoms with Gasteiger partial charge >= 0.3 is 0 Å². The van der Waals surface area contributed by atoms with Crippen molar-refractivity contribution in [1.29, 1.82) is 0 Å². The molecule has 0 bridgehead atoms. The van der Waals surface area contributed by atoms with Gasteiger partial charge in [-0.05, 0) is 24.2 Å². The Morgan fingerprint density at radius 2 is 2.05 bits per heavy atom. The van der Waals surface area contributed by atoms with Gasteiger partial charge in [0.25, 0.3) is 0 Å². The Kier molecular flexibility index (Phi) is 3.92. The SMILES string of the molecule is CCNC(Cc1ncnn1C)c1ccnc2ccccc12. The smallest absolute Gasteiger partial charge is 0.138 e. The van der Waals surface area contributed by atoms with Crippen molar-refractivity contribution in [1.82, 2.24) is 25.1 Å². The standard InChI is InChI=1S/C16H19N5/c1-3-17-15(10-16-19-11-20-21(16)2)13-8-9-18-14-7-5-4-6-12(13)14/h4-9,11,15,17H,3,10H2,1-2H3. The molecule has 1 aromatic carbocycles. The minimum atomic E-state index is 0.200. The van der Waals surface area contributed by atoms with Gasteiger partial charge in [-0.1, -0.05) is 25.1 Å². The van der Waals surface area contributed by atoms with E-state index in [9.17, 15) is 0 Å². The second-order valence-electron chi connectivity index (χ2n) is 5.03. The third-order valence-corrected chi connectivity index (χ3v) is 3.70. The molecule has 0 spiro atoms. The highest BCUT2D eigenvalue weighted by Gasteiger charge is 2.16. The summed E-state index contributed by atoms with van der Waals surface area (Å²) >= 11 is 0. The normalized spacial score (nSPS) is 12.7. The van der Waals surface area contributed by atoms with Crippen LogP contribution in [0.5, 0.6) is 0 Å². The highest BCUT2D eigenvalue weighted by atomic mass is 15.3. The molecule has 5 nitrogen and oxygen atoms in total. The first-order valence-corrected chi connectivity index (χ1v) is 7.19. The van der Waals surface area contributed by atoms with Gasteiger partial charge in [-0.25, -0.2) is 4.98 Å². The number of rotatable bonds is 5. The summed E-state index contributed by atoms with van der Waals surface area (Å²) in [5.41, 5.74) is 2.28. The molecule has 1 N–H and O–H groups in total. The van der Waals surface area contributed by atoms with Crippen LogP contribution in [0.1, 0.15) is 24.4 Å². The molecule has 1 unspecified atom stereocenters. The van der Waals surface area contributed by atoms with Gasteiger partial charge < -0.3 is 5.32 Å². The van der Waals surface area contributed by atoms with Crippen molar-refractivity contribution in [3.8, 4) is 0 Å². The number of hydrogen-bond acceptors (Lipinski definition) is 4. The summed E-state index contributed by atoms with van der Waals surface area (Å²) < 4.78 is 1.83. The van der Waals surface area contributed by atoms with Crippen LogP contribution in [0.4, 0.5) is 0 Å². The van der Waals surface area contributed by atoms with E-state index in [2.05, 4.69) is 45.5 Å². The van der Waals surface area contributed by atoms with Crippen LogP contribution in [0.3, 0.4) is 0 Å². The van der Waals surface area contributed by atoms with E-state index < -0.39 is 0 Å². The van der Waals surface area contributed by atoms with E-state index in [0.717, 1.165) is 24.3 Å². The summed E-state index contributed by atoms with van der Waals surface area (Å²) in [6.45, 7) is 3.02. The molecule has 0 radical (unpaired) electrons. The lowest BCUT2D eigenvalue weighted by molar-refractivity contribution is 0.525. The van der Waals surface area contributed by atoms with Crippen LogP contribution in [0.15, 0.2) is 42.9 Å². The largest absolute Gasteiger partial charge is 0.310 e. The Balaban J connectivity index is 2.01. The number of aryl methyl sites for hydroxylation is 1. The Bertz CT molecular complexity index is 729. The van der Waals surface area contributed by atoms with E-state index in [-0.39, 0.29) is 6.04 Å². The van der Waals surface area contributed by atoms with E-state index in [1.807, 2.05) is 30.1 Å². The van der Waals surface area contributed by atoms with Crippen molar-refractivity contribution in [2.45, 2.75) is 19.4 Å². The number of nitrogens with zero attached hydrogens (tertiary/aromatic N) is 4. The van der Waals surface area contributed by atoms with E-state index >= 15 is 0 Å². The monoisotopic (exact) mass is 281 g/mol. The molecule has 2 heterocycles. The molecule has 1 atom stereocenters. The van der Waals surface area contributed by atoms with Crippen LogP contribution < -0.4 is 5.32 Å². The zero-order valence-corrected chi connectivity index (χ0v) is 12.3. The number of aromatic nitrogens is 4. The zero-order valence-electron chi connectivity index (χ0n) is 12.3. The van der Waals surface area contributed by atoms with Gasteiger partial charge in [0.05, 0.1) is 5.52 Å². The van der Waals surface area contributed by atoms with Gasteiger partial charge in [-0.2, -0.15) is 5.10 Å². The van der Waals surface area contributed by atoms with Crippen molar-refractivity contribution in [2.75, 3.05) is 6.54 Å². The van der Waals surface area contributed by atoms with Gasteiger partial charge in [0, 0.05) is 31.1 Å². The summed E-state index contributed by atoms with van der Waals surface area (Å²) in [5, 5.41) is 8.89. The molecule has 21 heavy (non-hydrogen) atoms. The molecular weight excluding hydrogens is 262 g/mol. The first-order valence-electron chi connectivity index (χ1n) is 7.19. The Morgan fingerprint density at radius 1 is 1.19 bits per heavy atom. The number of nitrogens with one attached hydrogen (secondary N) is 1. The Hall–Kier alpha value is -2.27. The highest BCUT2D eigenvalue weighted by molar-refractivity contribution is 5.82. The maximum Gasteiger partial charge on any atom is 0.138 e. The summed E-state index contributed by atoms with van der Waals surface area (Å²) in [4.78, 5) is 8.78. The van der Waals surface area contributed by atoms with Gasteiger partial charge in [-0.15, -0.1) is 0 Å². The number of para-hydroxylation sites is 1. The lowest BCUT2D eigenvalue weighted by Gasteiger charge is -2.19. The van der Waals surface area contributed by atoms with Crippen LogP contribution in [-0.2, 0) is 13.5 Å². The zero-order chi connectivity index (χ0) is 14.7. The molecule has 5 heteroatoms. The van der Waals surface area contributed by atoms with Crippen LogP contribution in [0.2, 0.25) is 0 Å². The lowest BCUT2D eigenvalue weighted by atomic mass is 9.99. The number of benzene rings is 1. The highest BCUT2D eigenvalue weighted by Crippen LogP contribution is 2.24. The summed E-state index contributed by atoms with van der Waals surface area (Å²) in [7, 11) is 1.93. The van der Waals surface area contributed by atoms with E-state index in [1.54, 1.807) is 6.33 Å². The van der Waals surface area contributed by atoms with Crippen molar-refractivity contribution < 1.29 is 0 Å². The van der Waals surface area contributed by atoms with E-state index in [0.29, 0.717) is 0 Å². The molecule has 0 saturated carbocycles. The first-order chi connectivity index (χ1) is 10.3. The van der Waals surface area contributed by atoms with Gasteiger partial charge in [-0.3, -0.25) is 9.67 Å². The predicted octanol–water partition coefficient (Wildman–Crippen LogP) is 2.26. The van der Waals surface area contributed by atoms with E-state index in [1.165, 1.54) is 10.9 Å². The minimum Gasteiger partial charge on any atom is -0.310 e. The lowest BCUT2D eigenvalue weighted by Crippen LogP contribution is -2.24. The maximum absolute atomic E-state index is 4.44. The minimum absolute atomic E-state index is 0.200. The molecule has 0 aliphatic carbocycles. The van der Waals surface area contributed by atoms with Crippen LogP contribution in [0.25, 0.3) is 10.9 Å². The molecule has 0 fully saturated rings. The molecule has 0 saturated heterocycles. The first kappa shape index (κ1) is 13.7. The fraction of sp³-hybridized carbons (Fsp3) is 0.312. The molecular formula is C16H19N5. The molecule has 0 aliphatic rings. The molecule has 0 aliphatic heterocycles. The predicted molar refractivity (Wildman–Crippen MR) is 82.9 cm³/mol. The fourth-order valence-electron chi connectivity index (χ4n) is 2.65.